The van der Waals surface area contributed by atoms with E-state index in [1.165, 1.54) is 70.6 Å². The zero-order chi connectivity index (χ0) is 22.5. The van der Waals surface area contributed by atoms with Crippen molar-refractivity contribution in [3.63, 3.8) is 0 Å². The normalized spacial score (nSPS) is 11.8. The molecule has 0 saturated carbocycles. The van der Waals surface area contributed by atoms with Gasteiger partial charge in [-0.3, -0.25) is 0 Å². The molecule has 0 rings (SSSR count). The molecule has 0 bridgehead atoms. The van der Waals surface area contributed by atoms with Crippen molar-refractivity contribution < 1.29 is 58.9 Å². The Labute approximate surface area is 207 Å². The first kappa shape index (κ1) is 34.5. The predicted molar refractivity (Wildman–Crippen MR) is 114 cm³/mol. The second-order valence-electron chi connectivity index (χ2n) is 9.07. The summed E-state index contributed by atoms with van der Waals surface area (Å²) in [7, 11) is 5.66. The number of aliphatic carboxylic acids is 2. The molecule has 0 amide bonds. The van der Waals surface area contributed by atoms with Crippen molar-refractivity contribution >= 4 is 11.9 Å². The number of unbranched alkanes of at least 4 members (excludes halogenated alkanes) is 12. The number of carboxylic acid groups (broad SMARTS) is 2. The van der Waals surface area contributed by atoms with Crippen LogP contribution in [-0.2, 0) is 9.59 Å². The van der Waals surface area contributed by atoms with Crippen LogP contribution in [0.25, 0.3) is 0 Å². The number of rotatable bonds is 18. The molecule has 1 atom stereocenters. The van der Waals surface area contributed by atoms with Crippen molar-refractivity contribution in [1.82, 2.24) is 0 Å². The molecule has 0 aliphatic rings. The summed E-state index contributed by atoms with van der Waals surface area (Å²) in [4.78, 5) is 20.2. The van der Waals surface area contributed by atoms with E-state index in [0.29, 0.717) is 11.0 Å². The number of hydrogen-bond donors (Lipinski definition) is 1. The van der Waals surface area contributed by atoms with Crippen molar-refractivity contribution in [1.29, 1.82) is 0 Å². The van der Waals surface area contributed by atoms with Crippen LogP contribution in [0, 0.1) is 0 Å². The van der Waals surface area contributed by atoms with E-state index < -0.39 is 18.0 Å². The van der Waals surface area contributed by atoms with E-state index >= 15 is 0 Å². The molecule has 6 nitrogen and oxygen atoms in total. The van der Waals surface area contributed by atoms with Crippen molar-refractivity contribution in [3.05, 3.63) is 0 Å². The van der Waals surface area contributed by atoms with E-state index in [-0.39, 0.29) is 42.4 Å². The van der Waals surface area contributed by atoms with Gasteiger partial charge >= 0.3 is 29.6 Å². The largest absolute Gasteiger partial charge is 1.00 e. The van der Waals surface area contributed by atoms with Crippen LogP contribution in [0.1, 0.15) is 103 Å². The van der Waals surface area contributed by atoms with Crippen molar-refractivity contribution in [3.8, 4) is 0 Å². The summed E-state index contributed by atoms with van der Waals surface area (Å²) < 4.78 is 0.550. The first-order chi connectivity index (χ1) is 13.6. The number of aliphatic hydroxyl groups is 1. The number of carbonyl (C=O) groups is 2. The molecule has 0 saturated heterocycles. The SMILES string of the molecule is CCCCCCCCCCCCCCCC(=O)[O-].C[N+](C)(C)CC(O)CC(=O)[O-].[Na+]. The minimum absolute atomic E-state index is 0. The third-order valence-corrected chi connectivity index (χ3v) is 4.65. The quantitative estimate of drug-likeness (QED) is 0.175. The van der Waals surface area contributed by atoms with Crippen molar-refractivity contribution in [2.45, 2.75) is 109 Å². The third-order valence-electron chi connectivity index (χ3n) is 4.65. The van der Waals surface area contributed by atoms with Crippen LogP contribution in [0.3, 0.4) is 0 Å². The van der Waals surface area contributed by atoms with Crippen LogP contribution in [-0.4, -0.2) is 55.3 Å². The topological polar surface area (TPSA) is 100 Å². The van der Waals surface area contributed by atoms with Crippen LogP contribution in [0.5, 0.6) is 0 Å². The number of carboxylic acids is 2. The molecular weight excluding hydrogens is 393 g/mol. The van der Waals surface area contributed by atoms with Gasteiger partial charge in [0.2, 0.25) is 0 Å². The van der Waals surface area contributed by atoms with Gasteiger partial charge in [-0.2, -0.15) is 0 Å². The van der Waals surface area contributed by atoms with Crippen molar-refractivity contribution in [2.24, 2.45) is 0 Å². The van der Waals surface area contributed by atoms with Gasteiger partial charge in [0, 0.05) is 18.4 Å². The van der Waals surface area contributed by atoms with Gasteiger partial charge in [-0.15, -0.1) is 0 Å². The van der Waals surface area contributed by atoms with Crippen LogP contribution < -0.4 is 39.8 Å². The Hall–Kier alpha value is -0.140. The molecule has 0 aromatic carbocycles. The fourth-order valence-electron chi connectivity index (χ4n) is 3.18. The van der Waals surface area contributed by atoms with Crippen molar-refractivity contribution in [2.75, 3.05) is 27.7 Å². The van der Waals surface area contributed by atoms with Gasteiger partial charge < -0.3 is 29.4 Å². The number of hydrogen-bond acceptors (Lipinski definition) is 5. The summed E-state index contributed by atoms with van der Waals surface area (Å²) in [6.45, 7) is 2.68. The Morgan fingerprint density at radius 1 is 0.733 bits per heavy atom. The molecule has 1 N–H and O–H groups in total. The smallest absolute Gasteiger partial charge is 0.550 e. The maximum Gasteiger partial charge on any atom is 1.00 e. The second kappa shape index (κ2) is 23.5. The van der Waals surface area contributed by atoms with E-state index in [1.807, 2.05) is 21.1 Å². The summed E-state index contributed by atoms with van der Waals surface area (Å²) in [5, 5.41) is 29.3. The summed E-state index contributed by atoms with van der Waals surface area (Å²) in [6, 6.07) is 0. The average molecular weight is 440 g/mol. The van der Waals surface area contributed by atoms with Crippen LogP contribution in [0.2, 0.25) is 0 Å². The van der Waals surface area contributed by atoms with Gasteiger partial charge in [-0.1, -0.05) is 84.0 Å². The third kappa shape index (κ3) is 35.3. The zero-order valence-corrected chi connectivity index (χ0v) is 22.4. The van der Waals surface area contributed by atoms with E-state index in [0.717, 1.165) is 12.8 Å². The summed E-state index contributed by atoms with van der Waals surface area (Å²) >= 11 is 0. The maximum absolute atomic E-state index is 10.2. The Kier molecular flexibility index (Phi) is 27.0. The fraction of sp³-hybridized carbons (Fsp3) is 0.913. The standard InChI is InChI=1S/C16H32O2.C7H15NO3.Na/c1-2-3-4-5-6-7-8-9-10-11-12-13-14-15-16(17)18;1-8(2,3)5-6(9)4-7(10)11;/h2-15H2,1H3,(H,17,18);6,9H,4-5H2,1-3H3;/q;;+1/p-1. The van der Waals surface area contributed by atoms with Gasteiger partial charge in [0.1, 0.15) is 12.6 Å². The number of quaternary nitrogens is 1. The summed E-state index contributed by atoms with van der Waals surface area (Å²) in [5.41, 5.74) is 0. The van der Waals surface area contributed by atoms with Gasteiger partial charge in [-0.25, -0.2) is 0 Å². The molecule has 0 aromatic heterocycles. The van der Waals surface area contributed by atoms with Gasteiger partial charge in [0.15, 0.2) is 0 Å². The molecule has 0 aliphatic carbocycles. The minimum atomic E-state index is -1.20. The Morgan fingerprint density at radius 3 is 1.40 bits per heavy atom. The molecule has 0 aliphatic heterocycles. The Bertz CT molecular complexity index is 400. The zero-order valence-electron chi connectivity index (χ0n) is 20.4. The molecular formula is C23H46NNaO5. The number of carbonyl (C=O) groups excluding carboxylic acids is 2. The first-order valence-electron chi connectivity index (χ1n) is 11.5. The average Bonchev–Trinajstić information content (AvgIpc) is 2.57. The van der Waals surface area contributed by atoms with Gasteiger partial charge in [0.05, 0.1) is 21.1 Å². The van der Waals surface area contributed by atoms with Gasteiger partial charge in [-0.05, 0) is 12.8 Å². The molecule has 1 unspecified atom stereocenters. The number of aliphatic hydroxyl groups excluding tert-OH is 1. The predicted octanol–water partition coefficient (Wildman–Crippen LogP) is -0.585. The van der Waals surface area contributed by atoms with Gasteiger partial charge in [0.25, 0.3) is 0 Å². The molecule has 174 valence electrons. The summed E-state index contributed by atoms with van der Waals surface area (Å²) in [5.74, 6) is -2.11. The van der Waals surface area contributed by atoms with Crippen LogP contribution in [0.4, 0.5) is 0 Å². The molecule has 0 aromatic rings. The number of nitrogens with zero attached hydrogens (tertiary/aromatic N) is 1. The molecule has 0 heterocycles. The molecule has 30 heavy (non-hydrogen) atoms. The number of likely N-dealkylation sites (N-methyl/N-ethyl adjacent to an activating group) is 1. The summed E-state index contributed by atoms with van der Waals surface area (Å²) in [6.07, 6.45) is 15.8. The second-order valence-corrected chi connectivity index (χ2v) is 9.07. The Balaban J connectivity index is -0.000000525. The fourth-order valence-corrected chi connectivity index (χ4v) is 3.18. The molecule has 7 heteroatoms. The Morgan fingerprint density at radius 2 is 1.10 bits per heavy atom. The van der Waals surface area contributed by atoms with E-state index in [1.54, 1.807) is 0 Å². The van der Waals surface area contributed by atoms with Crippen LogP contribution >= 0.6 is 0 Å². The monoisotopic (exact) mass is 439 g/mol. The first-order valence-corrected chi connectivity index (χ1v) is 11.5. The molecule has 0 fully saturated rings. The molecule has 0 spiro atoms. The maximum atomic E-state index is 10.2. The van der Waals surface area contributed by atoms with Crippen LogP contribution in [0.15, 0.2) is 0 Å². The molecule has 0 radical (unpaired) electrons. The van der Waals surface area contributed by atoms with E-state index in [9.17, 15) is 19.8 Å². The van der Waals surface area contributed by atoms with E-state index in [4.69, 9.17) is 5.11 Å². The minimum Gasteiger partial charge on any atom is -0.550 e. The van der Waals surface area contributed by atoms with E-state index in [2.05, 4.69) is 6.92 Å².